The van der Waals surface area contributed by atoms with Gasteiger partial charge in [0.25, 0.3) is 0 Å². The van der Waals surface area contributed by atoms with E-state index in [2.05, 4.69) is 49.8 Å². The van der Waals surface area contributed by atoms with E-state index in [1.165, 1.54) is 50.3 Å². The molecule has 1 aromatic heterocycles. The molecule has 28 heavy (non-hydrogen) atoms. The quantitative estimate of drug-likeness (QED) is 0.563. The molecule has 152 valence electrons. The minimum Gasteiger partial charge on any atom is -0.352 e. The second-order valence-electron chi connectivity index (χ2n) is 6.96. The first-order valence-corrected chi connectivity index (χ1v) is 9.70. The van der Waals surface area contributed by atoms with E-state index in [1.54, 1.807) is 7.05 Å². The molecule has 2 N–H and O–H groups in total. The fourth-order valence-electron chi connectivity index (χ4n) is 3.37. The number of hydrogen-bond acceptors (Lipinski definition) is 3. The molecule has 0 saturated carbocycles. The maximum atomic E-state index is 12.9. The molecule has 1 fully saturated rings. The van der Waals surface area contributed by atoms with Crippen LogP contribution in [0.1, 0.15) is 42.8 Å². The van der Waals surface area contributed by atoms with Gasteiger partial charge in [0.15, 0.2) is 5.96 Å². The molecule has 1 aliphatic rings. The third-order valence-corrected chi connectivity index (χ3v) is 4.93. The van der Waals surface area contributed by atoms with Gasteiger partial charge in [0.1, 0.15) is 5.82 Å². The third kappa shape index (κ3) is 5.76. The number of nitrogens with one attached hydrogen (secondary N) is 2. The first kappa shape index (κ1) is 20.3. The Bertz CT molecular complexity index is 750. The van der Waals surface area contributed by atoms with Crippen LogP contribution in [0, 0.1) is 0 Å². The smallest absolute Gasteiger partial charge is 0.319 e. The number of hydrogen-bond donors (Lipinski definition) is 2. The van der Waals surface area contributed by atoms with Crippen molar-refractivity contribution in [3.05, 3.63) is 53.6 Å². The highest BCUT2D eigenvalue weighted by molar-refractivity contribution is 5.79. The van der Waals surface area contributed by atoms with Gasteiger partial charge in [-0.25, -0.2) is 4.98 Å². The van der Waals surface area contributed by atoms with Gasteiger partial charge in [-0.1, -0.05) is 30.7 Å². The molecule has 0 aliphatic carbocycles. The summed E-state index contributed by atoms with van der Waals surface area (Å²) in [4.78, 5) is 10.6. The third-order valence-electron chi connectivity index (χ3n) is 4.93. The number of likely N-dealkylation sites (tertiary alicyclic amines) is 1. The largest absolute Gasteiger partial charge is 0.352 e. The SMILES string of the molecule is CN=C(NCc1ccc(CN2CCCCC2)cc1)NCc1nccn1C(F)F. The fraction of sp³-hybridized carbons (Fsp3) is 0.500. The number of aromatic nitrogens is 2. The Labute approximate surface area is 164 Å². The fourth-order valence-corrected chi connectivity index (χ4v) is 3.37. The molecule has 8 heteroatoms. The van der Waals surface area contributed by atoms with Crippen molar-refractivity contribution < 1.29 is 8.78 Å². The number of nitrogens with zero attached hydrogens (tertiary/aromatic N) is 4. The number of alkyl halides is 2. The molecule has 1 aliphatic heterocycles. The highest BCUT2D eigenvalue weighted by atomic mass is 19.3. The summed E-state index contributed by atoms with van der Waals surface area (Å²) in [5.74, 6) is 0.807. The second kappa shape index (κ2) is 10.2. The van der Waals surface area contributed by atoms with Gasteiger partial charge in [-0.3, -0.25) is 14.5 Å². The van der Waals surface area contributed by atoms with E-state index in [9.17, 15) is 8.78 Å². The van der Waals surface area contributed by atoms with Crippen molar-refractivity contribution in [1.29, 1.82) is 0 Å². The van der Waals surface area contributed by atoms with Gasteiger partial charge in [0.05, 0.1) is 6.54 Å². The van der Waals surface area contributed by atoms with Gasteiger partial charge in [0.2, 0.25) is 0 Å². The van der Waals surface area contributed by atoms with Crippen LogP contribution in [0.5, 0.6) is 0 Å². The monoisotopic (exact) mass is 390 g/mol. The lowest BCUT2D eigenvalue weighted by Gasteiger charge is -2.26. The summed E-state index contributed by atoms with van der Waals surface area (Å²) in [6.45, 7) is 1.56. The summed E-state index contributed by atoms with van der Waals surface area (Å²) in [7, 11) is 1.65. The van der Waals surface area contributed by atoms with Crippen molar-refractivity contribution in [3.63, 3.8) is 0 Å². The van der Waals surface area contributed by atoms with Crippen LogP contribution in [0.4, 0.5) is 8.78 Å². The molecule has 0 spiro atoms. The molecule has 1 saturated heterocycles. The van der Waals surface area contributed by atoms with Crippen LogP contribution >= 0.6 is 0 Å². The Hall–Kier alpha value is -2.48. The van der Waals surface area contributed by atoms with E-state index in [0.29, 0.717) is 12.5 Å². The van der Waals surface area contributed by atoms with Gasteiger partial charge in [-0.05, 0) is 37.1 Å². The summed E-state index contributed by atoms with van der Waals surface area (Å²) in [5.41, 5.74) is 2.46. The Morgan fingerprint density at radius 1 is 1.07 bits per heavy atom. The number of guanidine groups is 1. The second-order valence-corrected chi connectivity index (χ2v) is 6.96. The first-order chi connectivity index (χ1) is 13.7. The van der Waals surface area contributed by atoms with Crippen molar-refractivity contribution in [1.82, 2.24) is 25.1 Å². The number of imidazole rings is 1. The number of rotatable bonds is 7. The lowest BCUT2D eigenvalue weighted by molar-refractivity contribution is 0.0668. The van der Waals surface area contributed by atoms with Gasteiger partial charge in [-0.2, -0.15) is 8.78 Å². The summed E-state index contributed by atoms with van der Waals surface area (Å²) >= 11 is 0. The van der Waals surface area contributed by atoms with E-state index in [0.717, 1.165) is 16.7 Å². The Kier molecular flexibility index (Phi) is 7.36. The predicted octanol–water partition coefficient (Wildman–Crippen LogP) is 3.13. The van der Waals surface area contributed by atoms with Crippen LogP contribution in [-0.2, 0) is 19.6 Å². The van der Waals surface area contributed by atoms with Crippen molar-refractivity contribution in [2.75, 3.05) is 20.1 Å². The van der Waals surface area contributed by atoms with E-state index in [4.69, 9.17) is 0 Å². The van der Waals surface area contributed by atoms with Crippen molar-refractivity contribution in [2.24, 2.45) is 4.99 Å². The average molecular weight is 390 g/mol. The van der Waals surface area contributed by atoms with Crippen molar-refractivity contribution >= 4 is 5.96 Å². The van der Waals surface area contributed by atoms with Crippen LogP contribution < -0.4 is 10.6 Å². The van der Waals surface area contributed by atoms with Gasteiger partial charge in [-0.15, -0.1) is 0 Å². The number of benzene rings is 1. The van der Waals surface area contributed by atoms with E-state index < -0.39 is 6.55 Å². The Balaban J connectivity index is 1.46. The first-order valence-electron chi connectivity index (χ1n) is 9.70. The molecule has 2 aromatic rings. The number of aliphatic imine (C=N–C) groups is 1. The molecule has 0 atom stereocenters. The Morgan fingerprint density at radius 3 is 2.43 bits per heavy atom. The van der Waals surface area contributed by atoms with Crippen LogP contribution in [0.3, 0.4) is 0 Å². The lowest BCUT2D eigenvalue weighted by atomic mass is 10.1. The predicted molar refractivity (Wildman–Crippen MR) is 106 cm³/mol. The molecule has 3 rings (SSSR count). The molecule has 2 heterocycles. The maximum Gasteiger partial charge on any atom is 0.319 e. The van der Waals surface area contributed by atoms with E-state index >= 15 is 0 Å². The van der Waals surface area contributed by atoms with Gasteiger partial charge >= 0.3 is 6.55 Å². The van der Waals surface area contributed by atoms with E-state index in [-0.39, 0.29) is 12.4 Å². The van der Waals surface area contributed by atoms with Crippen LogP contribution in [0.2, 0.25) is 0 Å². The standard InChI is InChI=1S/C20H28F2N6/c1-23-20(26-14-18-24-9-12-28(18)19(21)22)25-13-16-5-7-17(8-6-16)15-27-10-3-2-4-11-27/h5-9,12,19H,2-4,10-11,13-15H2,1H3,(H2,23,25,26). The normalized spacial score (nSPS) is 15.8. The summed E-state index contributed by atoms with van der Waals surface area (Å²) in [6.07, 6.45) is 6.58. The number of halogens is 2. The molecular formula is C20H28F2N6. The topological polar surface area (TPSA) is 57.5 Å². The van der Waals surface area contributed by atoms with Crippen LogP contribution in [0.15, 0.2) is 41.7 Å². The molecule has 0 amide bonds. The minimum atomic E-state index is -2.60. The van der Waals surface area contributed by atoms with Crippen LogP contribution in [0.25, 0.3) is 0 Å². The average Bonchev–Trinajstić information content (AvgIpc) is 3.19. The summed E-state index contributed by atoms with van der Waals surface area (Å²) in [6, 6.07) is 8.56. The number of piperidine rings is 1. The van der Waals surface area contributed by atoms with Crippen molar-refractivity contribution in [2.45, 2.75) is 45.4 Å². The zero-order valence-electron chi connectivity index (χ0n) is 16.2. The zero-order chi connectivity index (χ0) is 19.8. The lowest BCUT2D eigenvalue weighted by Crippen LogP contribution is -2.37. The maximum absolute atomic E-state index is 12.9. The summed E-state index contributed by atoms with van der Waals surface area (Å²) < 4.78 is 26.6. The van der Waals surface area contributed by atoms with Crippen LogP contribution in [-0.4, -0.2) is 40.5 Å². The van der Waals surface area contributed by atoms with Crippen molar-refractivity contribution in [3.8, 4) is 0 Å². The molecule has 6 nitrogen and oxygen atoms in total. The Morgan fingerprint density at radius 2 is 1.75 bits per heavy atom. The molecular weight excluding hydrogens is 362 g/mol. The highest BCUT2D eigenvalue weighted by Gasteiger charge is 2.12. The van der Waals surface area contributed by atoms with Gasteiger partial charge in [0, 0.05) is 32.5 Å². The molecule has 0 bridgehead atoms. The highest BCUT2D eigenvalue weighted by Crippen LogP contribution is 2.14. The van der Waals surface area contributed by atoms with E-state index in [1.807, 2.05) is 0 Å². The molecule has 1 aromatic carbocycles. The van der Waals surface area contributed by atoms with Gasteiger partial charge < -0.3 is 10.6 Å². The molecule has 0 unspecified atom stereocenters. The minimum absolute atomic E-state index is 0.172. The summed E-state index contributed by atoms with van der Waals surface area (Å²) in [5, 5.41) is 6.22. The molecule has 0 radical (unpaired) electrons. The zero-order valence-corrected chi connectivity index (χ0v) is 16.2.